The summed E-state index contributed by atoms with van der Waals surface area (Å²) in [7, 11) is 1.63. The molecule has 0 fully saturated rings. The third kappa shape index (κ3) is 56.8. The predicted molar refractivity (Wildman–Crippen MR) is 309 cm³/mol. The van der Waals surface area contributed by atoms with Crippen LogP contribution in [0.2, 0.25) is 0 Å². The summed E-state index contributed by atoms with van der Waals surface area (Å²) in [5.74, 6) is -0.143. The number of amides is 1. The molecule has 3 N–H and O–H groups in total. The molecule has 0 saturated heterocycles. The normalized spacial score (nSPS) is 13.8. The van der Waals surface area contributed by atoms with Crippen LogP contribution in [-0.2, 0) is 18.4 Å². The van der Waals surface area contributed by atoms with Gasteiger partial charge in [-0.1, -0.05) is 296 Å². The molecular formula is C62H126N2O6P+. The van der Waals surface area contributed by atoms with Gasteiger partial charge in [-0.25, -0.2) is 4.57 Å². The van der Waals surface area contributed by atoms with Crippen molar-refractivity contribution in [2.45, 2.75) is 341 Å². The Morgan fingerprint density at radius 3 is 1.08 bits per heavy atom. The number of aliphatic hydroxyl groups excluding tert-OH is 1. The van der Waals surface area contributed by atoms with Gasteiger partial charge in [-0.2, -0.15) is 0 Å². The first kappa shape index (κ1) is 70.2. The van der Waals surface area contributed by atoms with Gasteiger partial charge in [-0.05, 0) is 38.5 Å². The Hall–Kier alpha value is -0.760. The Labute approximate surface area is 443 Å². The zero-order valence-corrected chi connectivity index (χ0v) is 49.4. The van der Waals surface area contributed by atoms with Gasteiger partial charge in [0, 0.05) is 6.42 Å². The summed E-state index contributed by atoms with van der Waals surface area (Å²) in [5, 5.41) is 14.1. The molecule has 0 rings (SSSR count). The van der Waals surface area contributed by atoms with Gasteiger partial charge >= 0.3 is 7.82 Å². The minimum absolute atomic E-state index is 0.0763. The largest absolute Gasteiger partial charge is 0.472 e. The second-order valence-electron chi connectivity index (χ2n) is 23.1. The number of rotatable bonds is 59. The van der Waals surface area contributed by atoms with E-state index in [9.17, 15) is 19.4 Å². The number of carbonyl (C=O) groups is 1. The van der Waals surface area contributed by atoms with Crippen molar-refractivity contribution in [3.63, 3.8) is 0 Å². The summed E-state index contributed by atoms with van der Waals surface area (Å²) >= 11 is 0. The molecule has 0 spiro atoms. The maximum atomic E-state index is 13.0. The minimum atomic E-state index is -4.32. The molecule has 424 valence electrons. The lowest BCUT2D eigenvalue weighted by Crippen LogP contribution is -2.46. The van der Waals surface area contributed by atoms with Crippen molar-refractivity contribution in [3.05, 3.63) is 12.2 Å². The highest BCUT2D eigenvalue weighted by Gasteiger charge is 2.28. The predicted octanol–water partition coefficient (Wildman–Crippen LogP) is 19.4. The molecule has 9 heteroatoms. The number of aliphatic hydroxyl groups is 1. The number of hydrogen-bond acceptors (Lipinski definition) is 5. The molecule has 0 saturated carbocycles. The monoisotopic (exact) mass is 1030 g/mol. The fraction of sp³-hybridized carbons (Fsp3) is 0.952. The van der Waals surface area contributed by atoms with Crippen LogP contribution in [-0.4, -0.2) is 73.4 Å². The number of phosphoric ester groups is 1. The molecule has 8 nitrogen and oxygen atoms in total. The van der Waals surface area contributed by atoms with Gasteiger partial charge < -0.3 is 19.8 Å². The van der Waals surface area contributed by atoms with Crippen molar-refractivity contribution in [3.8, 4) is 0 Å². The molecule has 0 aromatic rings. The molecule has 1 amide bonds. The highest BCUT2D eigenvalue weighted by molar-refractivity contribution is 7.47. The van der Waals surface area contributed by atoms with Gasteiger partial charge in [-0.15, -0.1) is 0 Å². The molecule has 0 heterocycles. The molecule has 0 radical (unpaired) electrons. The van der Waals surface area contributed by atoms with Gasteiger partial charge in [0.15, 0.2) is 0 Å². The van der Waals surface area contributed by atoms with Crippen molar-refractivity contribution in [1.29, 1.82) is 0 Å². The molecule has 0 aliphatic rings. The number of quaternary nitrogens is 1. The van der Waals surface area contributed by atoms with Crippen LogP contribution in [0, 0.1) is 0 Å². The van der Waals surface area contributed by atoms with Crippen molar-refractivity contribution in [2.24, 2.45) is 0 Å². The van der Waals surface area contributed by atoms with Crippen LogP contribution in [0.4, 0.5) is 0 Å². The van der Waals surface area contributed by atoms with Crippen LogP contribution >= 0.6 is 7.82 Å². The Balaban J connectivity index is 4.02. The van der Waals surface area contributed by atoms with Gasteiger partial charge in [0.25, 0.3) is 0 Å². The lowest BCUT2D eigenvalue weighted by molar-refractivity contribution is -0.870. The average Bonchev–Trinajstić information content (AvgIpc) is 3.33. The third-order valence-corrected chi connectivity index (χ3v) is 15.7. The number of allylic oxidation sites excluding steroid dienone is 2. The van der Waals surface area contributed by atoms with Gasteiger partial charge in [0.05, 0.1) is 39.9 Å². The van der Waals surface area contributed by atoms with Crippen LogP contribution in [0.25, 0.3) is 0 Å². The third-order valence-electron chi connectivity index (χ3n) is 14.8. The summed E-state index contributed by atoms with van der Waals surface area (Å²) in [5.41, 5.74) is 0. The molecule has 71 heavy (non-hydrogen) atoms. The van der Waals surface area contributed by atoms with E-state index in [0.717, 1.165) is 38.5 Å². The van der Waals surface area contributed by atoms with Gasteiger partial charge in [0.1, 0.15) is 13.2 Å². The van der Waals surface area contributed by atoms with Crippen molar-refractivity contribution in [2.75, 3.05) is 40.9 Å². The van der Waals surface area contributed by atoms with Gasteiger partial charge in [-0.3, -0.25) is 13.8 Å². The zero-order valence-electron chi connectivity index (χ0n) is 48.5. The molecule has 0 aromatic heterocycles. The number of phosphoric acid groups is 1. The highest BCUT2D eigenvalue weighted by Crippen LogP contribution is 2.43. The van der Waals surface area contributed by atoms with Crippen LogP contribution in [0.1, 0.15) is 328 Å². The molecule has 0 aromatic carbocycles. The highest BCUT2D eigenvalue weighted by atomic mass is 31.2. The Bertz CT molecular complexity index is 1160. The minimum Gasteiger partial charge on any atom is -0.391 e. The summed E-state index contributed by atoms with van der Waals surface area (Å²) in [6.07, 6.45) is 67.2. The first-order chi connectivity index (χ1) is 34.5. The fourth-order valence-electron chi connectivity index (χ4n) is 9.81. The average molecular weight is 1030 g/mol. The Morgan fingerprint density at radius 1 is 0.465 bits per heavy atom. The Kier molecular flexibility index (Phi) is 53.5. The van der Waals surface area contributed by atoms with Crippen LogP contribution in [0.15, 0.2) is 12.2 Å². The number of nitrogens with one attached hydrogen (secondary N) is 1. The van der Waals surface area contributed by atoms with Gasteiger partial charge in [0.2, 0.25) is 5.91 Å². The first-order valence-corrected chi connectivity index (χ1v) is 33.0. The number of unbranched alkanes of at least 4 members (excludes halogenated alkanes) is 44. The number of carbonyl (C=O) groups excluding carboxylic acids is 1. The van der Waals surface area contributed by atoms with E-state index >= 15 is 0 Å². The maximum absolute atomic E-state index is 13.0. The lowest BCUT2D eigenvalue weighted by Gasteiger charge is -2.26. The first-order valence-electron chi connectivity index (χ1n) is 31.6. The topological polar surface area (TPSA) is 105 Å². The summed E-state index contributed by atoms with van der Waals surface area (Å²) in [6.45, 7) is 4.93. The van der Waals surface area contributed by atoms with E-state index in [1.807, 2.05) is 21.1 Å². The zero-order chi connectivity index (χ0) is 52.0. The quantitative estimate of drug-likeness (QED) is 0.0243. The van der Waals surface area contributed by atoms with E-state index in [1.54, 1.807) is 0 Å². The SMILES string of the molecule is CCCCCCCCC/C=C\CCCCCCCCCC(=O)NC(COP(=O)(O)OCC[N+](C)(C)C)C(O)CCCCCCCCCCCCCCCCCCCCCCCCCCCCCCCCC. The van der Waals surface area contributed by atoms with Crippen LogP contribution in [0.5, 0.6) is 0 Å². The molecule has 0 aliphatic heterocycles. The van der Waals surface area contributed by atoms with Crippen LogP contribution < -0.4 is 5.32 Å². The maximum Gasteiger partial charge on any atom is 0.472 e. The van der Waals surface area contributed by atoms with E-state index in [1.165, 1.54) is 263 Å². The van der Waals surface area contributed by atoms with Crippen molar-refractivity contribution in [1.82, 2.24) is 5.32 Å². The molecular weight excluding hydrogens is 900 g/mol. The summed E-state index contributed by atoms with van der Waals surface area (Å²) in [4.78, 5) is 23.4. The van der Waals surface area contributed by atoms with Crippen molar-refractivity contribution < 1.29 is 32.9 Å². The molecule has 3 unspecified atom stereocenters. The molecule has 3 atom stereocenters. The van der Waals surface area contributed by atoms with E-state index < -0.39 is 20.0 Å². The second-order valence-corrected chi connectivity index (χ2v) is 24.6. The van der Waals surface area contributed by atoms with Crippen molar-refractivity contribution >= 4 is 13.7 Å². The molecule has 0 aliphatic carbocycles. The standard InChI is InChI=1S/C62H125N2O6P/c1-6-8-10-12-14-16-18-20-22-24-26-27-28-29-30-31-32-33-34-35-36-37-38-39-41-43-45-47-49-51-53-55-61(65)60(59-70-71(67,68)69-58-57-64(3,4)5)63-62(66)56-54-52-50-48-46-44-42-40-25-23-21-19-17-15-13-11-9-7-2/h23,25,60-61,65H,6-22,24,26-59H2,1-5H3,(H-,63,66,67,68)/p+1/b25-23-. The fourth-order valence-corrected chi connectivity index (χ4v) is 10.5. The number of hydrogen-bond donors (Lipinski definition) is 3. The van der Waals surface area contributed by atoms with E-state index in [-0.39, 0.29) is 19.1 Å². The molecule has 0 bridgehead atoms. The lowest BCUT2D eigenvalue weighted by atomic mass is 10.0. The number of nitrogens with zero attached hydrogens (tertiary/aromatic N) is 1. The van der Waals surface area contributed by atoms with E-state index in [0.29, 0.717) is 23.9 Å². The second kappa shape index (κ2) is 54.0. The Morgan fingerprint density at radius 2 is 0.761 bits per heavy atom. The summed E-state index contributed by atoms with van der Waals surface area (Å²) < 4.78 is 23.8. The van der Waals surface area contributed by atoms with E-state index in [2.05, 4.69) is 31.3 Å². The van der Waals surface area contributed by atoms with Crippen LogP contribution in [0.3, 0.4) is 0 Å². The number of likely N-dealkylation sites (N-methyl/N-ethyl adjacent to an activating group) is 1. The summed E-state index contributed by atoms with van der Waals surface area (Å²) in [6, 6.07) is -0.761. The van der Waals surface area contributed by atoms with E-state index in [4.69, 9.17) is 9.05 Å². The smallest absolute Gasteiger partial charge is 0.391 e.